The minimum Gasteiger partial charge on any atom is -0.504 e. The van der Waals surface area contributed by atoms with Crippen molar-refractivity contribution in [2.24, 2.45) is 0 Å². The van der Waals surface area contributed by atoms with Crippen LogP contribution in [0.25, 0.3) is 0 Å². The lowest BCUT2D eigenvalue weighted by atomic mass is 10.1. The van der Waals surface area contributed by atoms with Crippen LogP contribution in [-0.4, -0.2) is 37.5 Å². The highest BCUT2D eigenvalue weighted by atomic mass is 16.4. The van der Waals surface area contributed by atoms with Crippen LogP contribution in [0.15, 0.2) is 18.2 Å². The Labute approximate surface area is 109 Å². The number of aliphatic hydroxyl groups is 1. The Morgan fingerprint density at radius 3 is 1.84 bits per heavy atom. The number of rotatable bonds is 4. The molecule has 0 saturated heterocycles. The predicted molar refractivity (Wildman–Crippen MR) is 64.9 cm³/mol. The van der Waals surface area contributed by atoms with Crippen LogP contribution in [0.2, 0.25) is 0 Å². The summed E-state index contributed by atoms with van der Waals surface area (Å²) in [6, 6.07) is 4.23. The third-order valence-corrected chi connectivity index (χ3v) is 2.03. The zero-order valence-electron chi connectivity index (χ0n) is 10.3. The topological polar surface area (TPSA) is 135 Å². The summed E-state index contributed by atoms with van der Waals surface area (Å²) in [6.07, 6.45) is -1.22. The maximum absolute atomic E-state index is 9.64. The minimum atomic E-state index is -1.08. The normalized spacial score (nSPS) is 11.1. The first-order chi connectivity index (χ1) is 8.73. The lowest BCUT2D eigenvalue weighted by Gasteiger charge is -2.04. The van der Waals surface area contributed by atoms with E-state index in [1.165, 1.54) is 12.1 Å². The van der Waals surface area contributed by atoms with Crippen molar-refractivity contribution in [1.82, 2.24) is 0 Å². The number of phenols is 2. The molecule has 0 amide bonds. The van der Waals surface area contributed by atoms with Crippen LogP contribution in [0.1, 0.15) is 31.4 Å². The van der Waals surface area contributed by atoms with Crippen molar-refractivity contribution < 1.29 is 35.1 Å². The molecule has 0 bridgehead atoms. The molecule has 0 aromatic heterocycles. The fourth-order valence-corrected chi connectivity index (χ4v) is 1.01. The first kappa shape index (κ1) is 16.7. The van der Waals surface area contributed by atoms with Crippen molar-refractivity contribution in [2.75, 3.05) is 0 Å². The van der Waals surface area contributed by atoms with Crippen LogP contribution in [0.4, 0.5) is 0 Å². The molecule has 1 aromatic carbocycles. The molecular formula is C12H16O7. The number of carbonyl (C=O) groups is 2. The van der Waals surface area contributed by atoms with Gasteiger partial charge < -0.3 is 25.5 Å². The summed E-state index contributed by atoms with van der Waals surface area (Å²) >= 11 is 0. The SMILES string of the molecule is CC(O)c1ccc(O)c(O)c1.O=C(O)CCC(=O)O. The van der Waals surface area contributed by atoms with Gasteiger partial charge in [0.1, 0.15) is 0 Å². The Kier molecular flexibility index (Phi) is 6.98. The number of aliphatic carboxylic acids is 2. The number of hydrogen-bond acceptors (Lipinski definition) is 5. The summed E-state index contributed by atoms with van der Waals surface area (Å²) in [5, 5.41) is 42.7. The van der Waals surface area contributed by atoms with E-state index in [-0.39, 0.29) is 24.3 Å². The second kappa shape index (κ2) is 7.93. The van der Waals surface area contributed by atoms with E-state index in [0.717, 1.165) is 0 Å². The van der Waals surface area contributed by atoms with Crippen molar-refractivity contribution in [1.29, 1.82) is 0 Å². The number of hydrogen-bond donors (Lipinski definition) is 5. The monoisotopic (exact) mass is 272 g/mol. The van der Waals surface area contributed by atoms with E-state index in [1.807, 2.05) is 0 Å². The van der Waals surface area contributed by atoms with Gasteiger partial charge in [0.25, 0.3) is 0 Å². The zero-order chi connectivity index (χ0) is 15.0. The number of phenolic OH excluding ortho intramolecular Hbond substituents is 2. The molecule has 0 radical (unpaired) electrons. The molecule has 0 aliphatic heterocycles. The van der Waals surface area contributed by atoms with Gasteiger partial charge in [-0.2, -0.15) is 0 Å². The van der Waals surface area contributed by atoms with Crippen molar-refractivity contribution in [3.05, 3.63) is 23.8 Å². The Bertz CT molecular complexity index is 426. The molecule has 7 heteroatoms. The average Bonchev–Trinajstić information content (AvgIpc) is 2.30. The molecule has 0 heterocycles. The van der Waals surface area contributed by atoms with E-state index in [1.54, 1.807) is 13.0 Å². The summed E-state index contributed by atoms with van der Waals surface area (Å²) in [5.74, 6) is -2.53. The van der Waals surface area contributed by atoms with Crippen LogP contribution < -0.4 is 0 Å². The molecule has 0 aliphatic carbocycles. The molecule has 0 aliphatic rings. The molecule has 19 heavy (non-hydrogen) atoms. The van der Waals surface area contributed by atoms with E-state index >= 15 is 0 Å². The maximum Gasteiger partial charge on any atom is 0.303 e. The number of aromatic hydroxyl groups is 2. The van der Waals surface area contributed by atoms with Gasteiger partial charge in [0, 0.05) is 0 Å². The standard InChI is InChI=1S/C8H10O3.C4H6O4/c1-5(9)6-2-3-7(10)8(11)4-6;5-3(6)1-2-4(7)8/h2-5,9-11H,1H3;1-2H2,(H,5,6)(H,7,8). The van der Waals surface area contributed by atoms with E-state index in [9.17, 15) is 9.59 Å². The van der Waals surface area contributed by atoms with Gasteiger partial charge in [0.15, 0.2) is 11.5 Å². The maximum atomic E-state index is 9.64. The smallest absolute Gasteiger partial charge is 0.303 e. The van der Waals surface area contributed by atoms with Crippen LogP contribution in [-0.2, 0) is 9.59 Å². The number of carboxylic acid groups (broad SMARTS) is 2. The number of carboxylic acids is 2. The van der Waals surface area contributed by atoms with E-state index < -0.39 is 18.0 Å². The molecule has 1 rings (SSSR count). The third kappa shape index (κ3) is 7.61. The molecule has 1 unspecified atom stereocenters. The summed E-state index contributed by atoms with van der Waals surface area (Å²) in [6.45, 7) is 1.59. The van der Waals surface area contributed by atoms with Gasteiger partial charge in [-0.25, -0.2) is 0 Å². The fourth-order valence-electron chi connectivity index (χ4n) is 1.01. The van der Waals surface area contributed by atoms with Gasteiger partial charge in [-0.3, -0.25) is 9.59 Å². The summed E-state index contributed by atoms with van der Waals surface area (Å²) < 4.78 is 0. The Morgan fingerprint density at radius 2 is 1.53 bits per heavy atom. The van der Waals surface area contributed by atoms with Gasteiger partial charge in [-0.15, -0.1) is 0 Å². The second-order valence-corrected chi connectivity index (χ2v) is 3.71. The summed E-state index contributed by atoms with van der Waals surface area (Å²) in [7, 11) is 0. The van der Waals surface area contributed by atoms with Gasteiger partial charge in [0.2, 0.25) is 0 Å². The Hall–Kier alpha value is -2.28. The first-order valence-electron chi connectivity index (χ1n) is 5.37. The molecule has 106 valence electrons. The van der Waals surface area contributed by atoms with Gasteiger partial charge in [0.05, 0.1) is 18.9 Å². The van der Waals surface area contributed by atoms with Crippen LogP contribution in [0.5, 0.6) is 11.5 Å². The van der Waals surface area contributed by atoms with Crippen LogP contribution in [0, 0.1) is 0 Å². The third-order valence-electron chi connectivity index (χ3n) is 2.03. The highest BCUT2D eigenvalue weighted by molar-refractivity contribution is 5.75. The minimum absolute atomic E-state index is 0.172. The summed E-state index contributed by atoms with van der Waals surface area (Å²) in [5.41, 5.74) is 0.584. The van der Waals surface area contributed by atoms with Gasteiger partial charge >= 0.3 is 11.9 Å². The highest BCUT2D eigenvalue weighted by Crippen LogP contribution is 2.27. The Balaban J connectivity index is 0.000000362. The van der Waals surface area contributed by atoms with Crippen molar-refractivity contribution in [2.45, 2.75) is 25.9 Å². The molecule has 1 atom stereocenters. The van der Waals surface area contributed by atoms with Crippen LogP contribution in [0.3, 0.4) is 0 Å². The quantitative estimate of drug-likeness (QED) is 0.517. The van der Waals surface area contributed by atoms with Crippen LogP contribution >= 0.6 is 0 Å². The highest BCUT2D eigenvalue weighted by Gasteiger charge is 2.04. The molecule has 0 fully saturated rings. The lowest BCUT2D eigenvalue weighted by Crippen LogP contribution is -2.00. The van der Waals surface area contributed by atoms with Gasteiger partial charge in [-0.05, 0) is 24.6 Å². The molecule has 0 saturated carbocycles. The summed E-state index contributed by atoms with van der Waals surface area (Å²) in [4.78, 5) is 19.3. The van der Waals surface area contributed by atoms with Crippen molar-refractivity contribution in [3.8, 4) is 11.5 Å². The number of aliphatic hydroxyl groups excluding tert-OH is 1. The zero-order valence-corrected chi connectivity index (χ0v) is 10.3. The first-order valence-corrected chi connectivity index (χ1v) is 5.37. The van der Waals surface area contributed by atoms with E-state index in [4.69, 9.17) is 25.5 Å². The van der Waals surface area contributed by atoms with Gasteiger partial charge in [-0.1, -0.05) is 6.07 Å². The second-order valence-electron chi connectivity index (χ2n) is 3.71. The van der Waals surface area contributed by atoms with Crippen molar-refractivity contribution in [3.63, 3.8) is 0 Å². The number of benzene rings is 1. The van der Waals surface area contributed by atoms with E-state index in [2.05, 4.69) is 0 Å². The predicted octanol–water partition coefficient (Wildman–Crippen LogP) is 1.09. The molecule has 1 aromatic rings. The Morgan fingerprint density at radius 1 is 1.05 bits per heavy atom. The lowest BCUT2D eigenvalue weighted by molar-refractivity contribution is -0.143. The fraction of sp³-hybridized carbons (Fsp3) is 0.333. The molecular weight excluding hydrogens is 256 g/mol. The molecule has 5 N–H and O–H groups in total. The van der Waals surface area contributed by atoms with E-state index in [0.29, 0.717) is 5.56 Å². The largest absolute Gasteiger partial charge is 0.504 e. The molecule has 7 nitrogen and oxygen atoms in total. The average molecular weight is 272 g/mol. The van der Waals surface area contributed by atoms with Crippen molar-refractivity contribution >= 4 is 11.9 Å². The molecule has 0 spiro atoms.